The summed E-state index contributed by atoms with van der Waals surface area (Å²) in [6.45, 7) is 4.93. The van der Waals surface area contributed by atoms with Crippen molar-refractivity contribution in [1.82, 2.24) is 5.32 Å². The van der Waals surface area contributed by atoms with E-state index in [2.05, 4.69) is 31.3 Å². The standard InChI is InChI=1S/C69H133NO5/c1-3-5-7-9-11-13-15-17-19-20-32-35-39-43-47-51-55-59-63-69(74)75-64-60-56-52-48-44-40-36-33-30-28-26-24-22-21-23-25-27-29-31-34-38-42-46-50-54-58-62-68(73)70-66(65-71)67(72)61-57-53-49-45-41-37-18-16-14-12-10-8-6-4-2/h21,23,57,61,66-67,71-72H,3-20,22,24-56,58-60,62-65H2,1-2H3,(H,70,73)/b23-21-,61-57+. The molecule has 2 atom stereocenters. The van der Waals surface area contributed by atoms with E-state index in [1.165, 1.54) is 315 Å². The largest absolute Gasteiger partial charge is 0.466 e. The van der Waals surface area contributed by atoms with Crippen LogP contribution in [0.5, 0.6) is 0 Å². The molecule has 6 nitrogen and oxygen atoms in total. The first kappa shape index (κ1) is 73.3. The number of ether oxygens (including phenoxy) is 1. The number of amides is 1. The van der Waals surface area contributed by atoms with E-state index in [0.29, 0.717) is 19.4 Å². The number of allylic oxidation sites excluding steroid dienone is 3. The Balaban J connectivity index is 3.37. The smallest absolute Gasteiger partial charge is 0.305 e. The maximum Gasteiger partial charge on any atom is 0.305 e. The number of carbonyl (C=O) groups is 2. The van der Waals surface area contributed by atoms with Gasteiger partial charge in [-0.25, -0.2) is 0 Å². The van der Waals surface area contributed by atoms with Gasteiger partial charge >= 0.3 is 5.97 Å². The Morgan fingerprint density at radius 1 is 0.360 bits per heavy atom. The number of hydrogen-bond acceptors (Lipinski definition) is 5. The first-order valence-corrected chi connectivity index (χ1v) is 34.1. The minimum atomic E-state index is -0.845. The van der Waals surface area contributed by atoms with Gasteiger partial charge < -0.3 is 20.3 Å². The third-order valence-electron chi connectivity index (χ3n) is 16.0. The van der Waals surface area contributed by atoms with Gasteiger partial charge in [-0.3, -0.25) is 9.59 Å². The fourth-order valence-electron chi connectivity index (χ4n) is 10.7. The maximum atomic E-state index is 12.5. The minimum Gasteiger partial charge on any atom is -0.466 e. The van der Waals surface area contributed by atoms with E-state index >= 15 is 0 Å². The molecule has 0 saturated heterocycles. The Labute approximate surface area is 469 Å². The molecule has 0 aromatic heterocycles. The highest BCUT2D eigenvalue weighted by atomic mass is 16.5. The van der Waals surface area contributed by atoms with E-state index in [4.69, 9.17) is 4.74 Å². The monoisotopic (exact) mass is 1060 g/mol. The predicted molar refractivity (Wildman–Crippen MR) is 329 cm³/mol. The van der Waals surface area contributed by atoms with Gasteiger partial charge in [-0.05, 0) is 57.8 Å². The molecule has 0 saturated carbocycles. The fraction of sp³-hybridized carbons (Fsp3) is 0.913. The number of nitrogens with one attached hydrogen (secondary N) is 1. The second-order valence-electron chi connectivity index (χ2n) is 23.5. The lowest BCUT2D eigenvalue weighted by Gasteiger charge is -2.20. The van der Waals surface area contributed by atoms with Crippen molar-refractivity contribution in [2.75, 3.05) is 13.2 Å². The summed E-state index contributed by atoms with van der Waals surface area (Å²) >= 11 is 0. The van der Waals surface area contributed by atoms with E-state index in [-0.39, 0.29) is 18.5 Å². The molecule has 0 aromatic carbocycles. The molecule has 75 heavy (non-hydrogen) atoms. The Hall–Kier alpha value is -1.66. The molecule has 2 unspecified atom stereocenters. The van der Waals surface area contributed by atoms with E-state index in [9.17, 15) is 19.8 Å². The number of rotatable bonds is 64. The van der Waals surface area contributed by atoms with Crippen molar-refractivity contribution in [3.8, 4) is 0 Å². The van der Waals surface area contributed by atoms with Gasteiger partial charge in [0.1, 0.15) is 0 Å². The molecule has 0 radical (unpaired) electrons. The Morgan fingerprint density at radius 3 is 0.947 bits per heavy atom. The lowest BCUT2D eigenvalue weighted by molar-refractivity contribution is -0.143. The highest BCUT2D eigenvalue weighted by molar-refractivity contribution is 5.76. The summed E-state index contributed by atoms with van der Waals surface area (Å²) in [5.41, 5.74) is 0. The van der Waals surface area contributed by atoms with Gasteiger partial charge in [0.25, 0.3) is 0 Å². The van der Waals surface area contributed by atoms with Gasteiger partial charge in [-0.1, -0.05) is 334 Å². The van der Waals surface area contributed by atoms with Crippen molar-refractivity contribution < 1.29 is 24.5 Å². The SMILES string of the molecule is CCCCCCCCCCCCCC/C=C/C(O)C(CO)NC(=O)CCCCCCCCCCCC/C=C\CCCCCCCCCCCCCCOC(=O)CCCCCCCCCCCCCCCCCCCC. The molecule has 444 valence electrons. The molecule has 0 heterocycles. The molecule has 0 fully saturated rings. The highest BCUT2D eigenvalue weighted by Gasteiger charge is 2.18. The number of aliphatic hydroxyl groups excluding tert-OH is 2. The summed E-state index contributed by atoms with van der Waals surface area (Å²) in [7, 11) is 0. The van der Waals surface area contributed by atoms with E-state index < -0.39 is 12.1 Å². The summed E-state index contributed by atoms with van der Waals surface area (Å²) < 4.78 is 5.51. The van der Waals surface area contributed by atoms with Gasteiger partial charge in [0, 0.05) is 12.8 Å². The zero-order valence-corrected chi connectivity index (χ0v) is 50.8. The maximum absolute atomic E-state index is 12.5. The Bertz CT molecular complexity index is 1170. The Morgan fingerprint density at radius 2 is 0.627 bits per heavy atom. The first-order chi connectivity index (χ1) is 37.0. The van der Waals surface area contributed by atoms with Gasteiger partial charge in [0.15, 0.2) is 0 Å². The average Bonchev–Trinajstić information content (AvgIpc) is 3.41. The second kappa shape index (κ2) is 64.9. The molecule has 0 aromatic rings. The van der Waals surface area contributed by atoms with Gasteiger partial charge in [-0.15, -0.1) is 0 Å². The molecule has 3 N–H and O–H groups in total. The molecule has 0 aliphatic heterocycles. The van der Waals surface area contributed by atoms with Crippen LogP contribution in [0.4, 0.5) is 0 Å². The third-order valence-corrected chi connectivity index (χ3v) is 16.0. The lowest BCUT2D eigenvalue weighted by Crippen LogP contribution is -2.45. The number of carbonyl (C=O) groups excluding carboxylic acids is 2. The predicted octanol–water partition coefficient (Wildman–Crippen LogP) is 21.8. The molecule has 0 spiro atoms. The lowest BCUT2D eigenvalue weighted by atomic mass is 10.0. The number of unbranched alkanes of at least 4 members (excludes halogenated alkanes) is 51. The van der Waals surface area contributed by atoms with Crippen molar-refractivity contribution >= 4 is 11.9 Å². The van der Waals surface area contributed by atoms with Crippen LogP contribution in [0.15, 0.2) is 24.3 Å². The molecule has 0 rings (SSSR count). The summed E-state index contributed by atoms with van der Waals surface area (Å²) in [6, 6.07) is -0.628. The van der Waals surface area contributed by atoms with Crippen LogP contribution in [-0.4, -0.2) is 47.4 Å². The molecule has 0 bridgehead atoms. The summed E-state index contributed by atoms with van der Waals surface area (Å²) in [5.74, 6) is -0.0492. The van der Waals surface area contributed by atoms with Crippen LogP contribution in [0.3, 0.4) is 0 Å². The quantitative estimate of drug-likeness (QED) is 0.0320. The van der Waals surface area contributed by atoms with Crippen molar-refractivity contribution in [3.05, 3.63) is 24.3 Å². The molecule has 0 aliphatic rings. The van der Waals surface area contributed by atoms with E-state index in [0.717, 1.165) is 38.5 Å². The van der Waals surface area contributed by atoms with Crippen LogP contribution in [0.1, 0.15) is 380 Å². The normalized spacial score (nSPS) is 12.6. The van der Waals surface area contributed by atoms with Crippen molar-refractivity contribution in [2.24, 2.45) is 0 Å². The fourth-order valence-corrected chi connectivity index (χ4v) is 10.7. The van der Waals surface area contributed by atoms with Crippen molar-refractivity contribution in [1.29, 1.82) is 0 Å². The number of aliphatic hydroxyl groups is 2. The third kappa shape index (κ3) is 61.4. The molecule has 0 aliphatic carbocycles. The van der Waals surface area contributed by atoms with Crippen LogP contribution in [0.25, 0.3) is 0 Å². The summed E-state index contributed by atoms with van der Waals surface area (Å²) in [4.78, 5) is 24.6. The number of hydrogen-bond donors (Lipinski definition) is 3. The van der Waals surface area contributed by atoms with Crippen LogP contribution in [0, 0.1) is 0 Å². The van der Waals surface area contributed by atoms with Gasteiger partial charge in [0.05, 0.1) is 25.4 Å². The highest BCUT2D eigenvalue weighted by Crippen LogP contribution is 2.18. The zero-order valence-electron chi connectivity index (χ0n) is 50.8. The Kier molecular flexibility index (Phi) is 63.4. The van der Waals surface area contributed by atoms with Crippen LogP contribution in [0.2, 0.25) is 0 Å². The summed E-state index contributed by atoms with van der Waals surface area (Å²) in [5, 5.41) is 23.1. The second-order valence-corrected chi connectivity index (χ2v) is 23.5. The zero-order chi connectivity index (χ0) is 54.3. The van der Waals surface area contributed by atoms with E-state index in [1.54, 1.807) is 6.08 Å². The molecular weight excluding hydrogens is 923 g/mol. The van der Waals surface area contributed by atoms with Gasteiger partial charge in [0.2, 0.25) is 5.91 Å². The average molecular weight is 1060 g/mol. The van der Waals surface area contributed by atoms with Crippen LogP contribution < -0.4 is 5.32 Å². The summed E-state index contributed by atoms with van der Waals surface area (Å²) in [6.07, 6.45) is 81.0. The minimum absolute atomic E-state index is 0.0189. The van der Waals surface area contributed by atoms with Crippen LogP contribution >= 0.6 is 0 Å². The molecule has 6 heteroatoms. The molecular formula is C69H133NO5. The first-order valence-electron chi connectivity index (χ1n) is 34.1. The number of esters is 1. The van der Waals surface area contributed by atoms with Gasteiger partial charge in [-0.2, -0.15) is 0 Å². The van der Waals surface area contributed by atoms with E-state index in [1.807, 2.05) is 6.08 Å². The van der Waals surface area contributed by atoms with Crippen molar-refractivity contribution in [2.45, 2.75) is 392 Å². The van der Waals surface area contributed by atoms with Crippen molar-refractivity contribution in [3.63, 3.8) is 0 Å². The topological polar surface area (TPSA) is 95.9 Å². The van der Waals surface area contributed by atoms with Crippen LogP contribution in [-0.2, 0) is 14.3 Å². The molecule has 1 amide bonds.